The maximum Gasteiger partial charge on any atom is 0.244 e. The van der Waals surface area contributed by atoms with E-state index in [1.165, 1.54) is 50.6 Å². The highest BCUT2D eigenvalue weighted by Gasteiger charge is 2.26. The molecule has 0 spiro atoms. The fraction of sp³-hybridized carbons (Fsp3) is 0.200. The number of methoxy groups -OCH3 is 1. The van der Waals surface area contributed by atoms with E-state index in [4.69, 9.17) is 27.9 Å². The molecule has 0 aliphatic heterocycles. The van der Waals surface area contributed by atoms with Crippen LogP contribution in [0.15, 0.2) is 41.3 Å². The Morgan fingerprint density at radius 3 is 2.26 bits per heavy atom. The van der Waals surface area contributed by atoms with Gasteiger partial charge in [-0.3, -0.25) is 0 Å². The first-order valence-electron chi connectivity index (χ1n) is 6.50. The van der Waals surface area contributed by atoms with Gasteiger partial charge in [0.15, 0.2) is 0 Å². The zero-order valence-corrected chi connectivity index (χ0v) is 14.7. The minimum absolute atomic E-state index is 0.0328. The Morgan fingerprint density at radius 2 is 1.70 bits per heavy atom. The third kappa shape index (κ3) is 3.77. The van der Waals surface area contributed by atoms with E-state index in [1.54, 1.807) is 0 Å². The van der Waals surface area contributed by atoms with Gasteiger partial charge >= 0.3 is 0 Å². The third-order valence-corrected chi connectivity index (χ3v) is 6.06. The first kappa shape index (κ1) is 18.0. The normalized spacial score (nSPS) is 11.7. The van der Waals surface area contributed by atoms with Gasteiger partial charge in [0.05, 0.1) is 12.1 Å². The van der Waals surface area contributed by atoms with Crippen molar-refractivity contribution in [2.75, 3.05) is 14.2 Å². The van der Waals surface area contributed by atoms with Crippen LogP contribution in [0.1, 0.15) is 5.56 Å². The van der Waals surface area contributed by atoms with Crippen LogP contribution in [0.5, 0.6) is 5.75 Å². The highest BCUT2D eigenvalue weighted by atomic mass is 35.5. The summed E-state index contributed by atoms with van der Waals surface area (Å²) in [4.78, 5) is -0.116. The second-order valence-corrected chi connectivity index (χ2v) is 7.55. The maximum absolute atomic E-state index is 12.9. The van der Waals surface area contributed by atoms with Crippen LogP contribution >= 0.6 is 23.2 Å². The second-order valence-electron chi connectivity index (χ2n) is 4.78. The van der Waals surface area contributed by atoms with E-state index < -0.39 is 10.0 Å². The van der Waals surface area contributed by atoms with Gasteiger partial charge in [0.1, 0.15) is 21.5 Å². The molecular formula is C15H14Cl2FNO3S. The van der Waals surface area contributed by atoms with Crippen LogP contribution in [-0.2, 0) is 16.6 Å². The van der Waals surface area contributed by atoms with Crippen LogP contribution in [0, 0.1) is 5.82 Å². The lowest BCUT2D eigenvalue weighted by Gasteiger charge is -2.19. The Bertz CT molecular complexity index is 810. The molecule has 2 aromatic carbocycles. The zero-order valence-electron chi connectivity index (χ0n) is 12.4. The number of nitrogens with zero attached hydrogens (tertiary/aromatic N) is 1. The summed E-state index contributed by atoms with van der Waals surface area (Å²) in [6, 6.07) is 8.35. The van der Waals surface area contributed by atoms with Crippen LogP contribution in [0.4, 0.5) is 4.39 Å². The molecule has 0 heterocycles. The summed E-state index contributed by atoms with van der Waals surface area (Å²) in [6.07, 6.45) is 0. The van der Waals surface area contributed by atoms with Crippen molar-refractivity contribution in [1.82, 2.24) is 4.31 Å². The molecule has 0 saturated heterocycles. The van der Waals surface area contributed by atoms with Crippen molar-refractivity contribution in [1.29, 1.82) is 0 Å². The summed E-state index contributed by atoms with van der Waals surface area (Å²) in [5.74, 6) is -0.0963. The molecule has 0 saturated carbocycles. The molecule has 0 atom stereocenters. The van der Waals surface area contributed by atoms with E-state index in [0.29, 0.717) is 5.56 Å². The van der Waals surface area contributed by atoms with Gasteiger partial charge in [0.25, 0.3) is 0 Å². The van der Waals surface area contributed by atoms with Crippen LogP contribution in [0.2, 0.25) is 10.0 Å². The summed E-state index contributed by atoms with van der Waals surface area (Å²) in [7, 11) is -1.04. The monoisotopic (exact) mass is 377 g/mol. The maximum atomic E-state index is 12.9. The molecule has 0 aliphatic carbocycles. The number of hydrogen-bond donors (Lipinski definition) is 0. The Labute approximate surface area is 144 Å². The van der Waals surface area contributed by atoms with Crippen LogP contribution in [0.25, 0.3) is 0 Å². The van der Waals surface area contributed by atoms with E-state index in [2.05, 4.69) is 0 Å². The highest BCUT2D eigenvalue weighted by Crippen LogP contribution is 2.37. The van der Waals surface area contributed by atoms with Gasteiger partial charge in [0, 0.05) is 13.6 Å². The molecule has 2 rings (SSSR count). The standard InChI is InChI=1S/C15H14Cl2FNO3S/c1-19(9-10-3-5-11(18)6-4-10)23(20,21)13-8-7-12(22-2)14(16)15(13)17/h3-8H,9H2,1-2H3. The summed E-state index contributed by atoms with van der Waals surface area (Å²) < 4.78 is 44.3. The lowest BCUT2D eigenvalue weighted by atomic mass is 10.2. The van der Waals surface area contributed by atoms with Gasteiger partial charge in [-0.15, -0.1) is 0 Å². The molecule has 0 fully saturated rings. The number of sulfonamides is 1. The molecule has 0 aromatic heterocycles. The zero-order chi connectivity index (χ0) is 17.2. The molecule has 0 radical (unpaired) electrons. The summed E-state index contributed by atoms with van der Waals surface area (Å²) >= 11 is 12.1. The smallest absolute Gasteiger partial charge is 0.244 e. The van der Waals surface area contributed by atoms with Crippen LogP contribution in [-0.4, -0.2) is 26.9 Å². The highest BCUT2D eigenvalue weighted by molar-refractivity contribution is 7.89. The molecule has 2 aromatic rings. The molecular weight excluding hydrogens is 364 g/mol. The molecule has 0 amide bonds. The van der Waals surface area contributed by atoms with Crippen molar-refractivity contribution in [2.24, 2.45) is 0 Å². The summed E-state index contributed by atoms with van der Waals surface area (Å²) in [6.45, 7) is 0.0720. The fourth-order valence-corrected chi connectivity index (χ4v) is 3.94. The third-order valence-electron chi connectivity index (χ3n) is 3.24. The van der Waals surface area contributed by atoms with Crippen LogP contribution < -0.4 is 4.74 Å². The molecule has 8 heteroatoms. The van der Waals surface area contributed by atoms with Gasteiger partial charge in [-0.1, -0.05) is 35.3 Å². The van der Waals surface area contributed by atoms with E-state index >= 15 is 0 Å². The number of rotatable bonds is 5. The SMILES string of the molecule is COc1ccc(S(=O)(=O)N(C)Cc2ccc(F)cc2)c(Cl)c1Cl. The van der Waals surface area contributed by atoms with Crippen molar-refractivity contribution in [3.63, 3.8) is 0 Å². The van der Waals surface area contributed by atoms with Gasteiger partial charge in [-0.05, 0) is 29.8 Å². The van der Waals surface area contributed by atoms with Gasteiger partial charge in [0.2, 0.25) is 10.0 Å². The first-order chi connectivity index (χ1) is 10.8. The predicted octanol–water partition coefficient (Wildman–Crippen LogP) is 3.96. The average Bonchev–Trinajstić information content (AvgIpc) is 2.51. The van der Waals surface area contributed by atoms with Crippen molar-refractivity contribution in [3.8, 4) is 5.75 Å². The molecule has 0 N–H and O–H groups in total. The Hall–Kier alpha value is -1.34. The minimum Gasteiger partial charge on any atom is -0.495 e. The van der Waals surface area contributed by atoms with Crippen molar-refractivity contribution in [2.45, 2.75) is 11.4 Å². The van der Waals surface area contributed by atoms with Crippen LogP contribution in [0.3, 0.4) is 0 Å². The second kappa shape index (κ2) is 7.05. The largest absolute Gasteiger partial charge is 0.495 e. The first-order valence-corrected chi connectivity index (χ1v) is 8.69. The number of hydrogen-bond acceptors (Lipinski definition) is 3. The summed E-state index contributed by atoms with van der Waals surface area (Å²) in [5.41, 5.74) is 0.646. The molecule has 0 unspecified atom stereocenters. The quantitative estimate of drug-likeness (QED) is 0.791. The van der Waals surface area contributed by atoms with E-state index in [0.717, 1.165) is 4.31 Å². The lowest BCUT2D eigenvalue weighted by Crippen LogP contribution is -2.26. The number of ether oxygens (including phenoxy) is 1. The number of benzene rings is 2. The Morgan fingerprint density at radius 1 is 1.09 bits per heavy atom. The van der Waals surface area contributed by atoms with Gasteiger partial charge in [-0.2, -0.15) is 4.31 Å². The topological polar surface area (TPSA) is 46.6 Å². The minimum atomic E-state index is -3.86. The lowest BCUT2D eigenvalue weighted by molar-refractivity contribution is 0.414. The van der Waals surface area contributed by atoms with E-state index in [9.17, 15) is 12.8 Å². The Balaban J connectivity index is 2.34. The molecule has 4 nitrogen and oxygen atoms in total. The van der Waals surface area contributed by atoms with E-state index in [-0.39, 0.29) is 33.1 Å². The van der Waals surface area contributed by atoms with Gasteiger partial charge < -0.3 is 4.74 Å². The molecule has 0 bridgehead atoms. The fourth-order valence-electron chi connectivity index (χ4n) is 1.97. The van der Waals surface area contributed by atoms with Crippen molar-refractivity contribution in [3.05, 3.63) is 57.8 Å². The average molecular weight is 378 g/mol. The van der Waals surface area contributed by atoms with E-state index in [1.807, 2.05) is 0 Å². The molecule has 23 heavy (non-hydrogen) atoms. The van der Waals surface area contributed by atoms with Gasteiger partial charge in [-0.25, -0.2) is 12.8 Å². The molecule has 124 valence electrons. The predicted molar refractivity (Wildman–Crippen MR) is 88.1 cm³/mol. The van der Waals surface area contributed by atoms with Crippen molar-refractivity contribution >= 4 is 33.2 Å². The van der Waals surface area contributed by atoms with Crippen molar-refractivity contribution < 1.29 is 17.5 Å². The summed E-state index contributed by atoms with van der Waals surface area (Å²) in [5, 5.41) is -0.0672. The Kier molecular flexibility index (Phi) is 5.52. The number of halogens is 3. The molecule has 0 aliphatic rings.